The van der Waals surface area contributed by atoms with E-state index in [1.165, 1.54) is 0 Å². The molecule has 0 spiro atoms. The van der Waals surface area contributed by atoms with E-state index in [1.54, 1.807) is 10.6 Å². The minimum Gasteiger partial charge on any atom is -0.456 e. The number of furan rings is 1. The summed E-state index contributed by atoms with van der Waals surface area (Å²) in [7, 11) is 0. The molecule has 0 unspecified atom stereocenters. The highest BCUT2D eigenvalue weighted by Crippen LogP contribution is 2.40. The van der Waals surface area contributed by atoms with Crippen LogP contribution in [0.15, 0.2) is 211 Å². The molecule has 0 atom stereocenters. The summed E-state index contributed by atoms with van der Waals surface area (Å²) in [6.07, 6.45) is 0. The van der Waals surface area contributed by atoms with E-state index < -0.39 is 12.1 Å². The summed E-state index contributed by atoms with van der Waals surface area (Å²) < 4.78 is 75.2. The third kappa shape index (κ3) is 4.99. The van der Waals surface area contributed by atoms with Gasteiger partial charge in [-0.2, -0.15) is 0 Å². The van der Waals surface area contributed by atoms with Crippen molar-refractivity contribution in [2.45, 2.75) is 0 Å². The summed E-state index contributed by atoms with van der Waals surface area (Å²) in [5, 5.41) is 3.84. The van der Waals surface area contributed by atoms with Crippen molar-refractivity contribution < 1.29 is 14.0 Å². The number of nitrogens with zero attached hydrogens (tertiary/aromatic N) is 2. The Hall–Kier alpha value is -7.62. The lowest BCUT2D eigenvalue weighted by Gasteiger charge is -2.11. The third-order valence-corrected chi connectivity index (χ3v) is 11.1. The number of rotatable bonds is 5. The maximum absolute atomic E-state index is 9.95. The van der Waals surface area contributed by atoms with Gasteiger partial charge in [0.15, 0.2) is 0 Å². The number of benzene rings is 9. The molecule has 0 aliphatic rings. The molecule has 0 bridgehead atoms. The zero-order valence-corrected chi connectivity index (χ0v) is 30.4. The Labute approximate surface area is 338 Å². The predicted octanol–water partition coefficient (Wildman–Crippen LogP) is 14.8. The van der Waals surface area contributed by atoms with Crippen molar-refractivity contribution in [1.82, 2.24) is 9.13 Å². The predicted molar refractivity (Wildman–Crippen MR) is 239 cm³/mol. The fraction of sp³-hybridized carbons (Fsp3) is 0. The van der Waals surface area contributed by atoms with Gasteiger partial charge in [-0.25, -0.2) is 0 Å². The van der Waals surface area contributed by atoms with E-state index in [0.717, 1.165) is 60.5 Å². The molecule has 0 saturated carbocycles. The van der Waals surface area contributed by atoms with Crippen molar-refractivity contribution in [3.63, 3.8) is 0 Å². The smallest absolute Gasteiger partial charge is 0.135 e. The molecule has 0 fully saturated rings. The van der Waals surface area contributed by atoms with Crippen molar-refractivity contribution >= 4 is 65.6 Å². The van der Waals surface area contributed by atoms with Crippen LogP contribution >= 0.6 is 0 Å². The van der Waals surface area contributed by atoms with E-state index in [4.69, 9.17) is 7.16 Å². The number of para-hydroxylation sites is 2. The van der Waals surface area contributed by atoms with Gasteiger partial charge in [0.1, 0.15) is 11.2 Å². The van der Waals surface area contributed by atoms with Gasteiger partial charge in [-0.15, -0.1) is 0 Å². The Morgan fingerprint density at radius 2 is 0.930 bits per heavy atom. The highest BCUT2D eigenvalue weighted by Gasteiger charge is 2.18. The van der Waals surface area contributed by atoms with Crippen LogP contribution in [0.3, 0.4) is 0 Å². The Bertz CT molecular complexity index is 3930. The number of hydrogen-bond donors (Lipinski definition) is 0. The van der Waals surface area contributed by atoms with E-state index in [9.17, 15) is 6.85 Å². The van der Waals surface area contributed by atoms with Crippen LogP contribution < -0.4 is 0 Å². The van der Waals surface area contributed by atoms with Crippen LogP contribution in [0.4, 0.5) is 0 Å². The fourth-order valence-electron chi connectivity index (χ4n) is 8.49. The minimum atomic E-state index is -0.435. The van der Waals surface area contributed by atoms with Crippen LogP contribution in [-0.4, -0.2) is 9.13 Å². The second-order valence-electron chi connectivity index (χ2n) is 14.4. The van der Waals surface area contributed by atoms with E-state index in [-0.39, 0.29) is 57.6 Å². The first-order valence-corrected chi connectivity index (χ1v) is 18.9. The summed E-state index contributed by atoms with van der Waals surface area (Å²) >= 11 is 0. The quantitative estimate of drug-likeness (QED) is 0.173. The first kappa shape index (κ1) is 25.5. The number of aromatic nitrogens is 2. The molecule has 0 radical (unpaired) electrons. The molecular formula is C54H34N2O. The first-order valence-electron chi connectivity index (χ1n) is 22.4. The average molecular weight is 734 g/mol. The lowest BCUT2D eigenvalue weighted by Crippen LogP contribution is -1.94. The molecule has 9 aromatic carbocycles. The van der Waals surface area contributed by atoms with Crippen molar-refractivity contribution in [2.24, 2.45) is 0 Å². The Kier molecular flexibility index (Phi) is 5.56. The second kappa shape index (κ2) is 12.5. The largest absolute Gasteiger partial charge is 0.456 e. The van der Waals surface area contributed by atoms with Crippen LogP contribution in [0.5, 0.6) is 0 Å². The summed E-state index contributed by atoms with van der Waals surface area (Å²) in [6, 6.07) is 52.4. The van der Waals surface area contributed by atoms with Crippen LogP contribution in [0.25, 0.3) is 110 Å². The van der Waals surface area contributed by atoms with Gasteiger partial charge in [-0.05, 0) is 112 Å². The summed E-state index contributed by atoms with van der Waals surface area (Å²) in [4.78, 5) is 0. The lowest BCUT2D eigenvalue weighted by molar-refractivity contribution is 0.669. The third-order valence-electron chi connectivity index (χ3n) is 11.1. The molecule has 3 heterocycles. The van der Waals surface area contributed by atoms with Crippen molar-refractivity contribution in [3.05, 3.63) is 206 Å². The zero-order valence-electron chi connectivity index (χ0n) is 37.4. The van der Waals surface area contributed by atoms with Crippen LogP contribution in [0.2, 0.25) is 0 Å². The molecule has 12 rings (SSSR count). The monoisotopic (exact) mass is 733 g/mol. The highest BCUT2D eigenvalue weighted by atomic mass is 16.3. The molecule has 0 saturated heterocycles. The van der Waals surface area contributed by atoms with Crippen LogP contribution in [0, 0.1) is 0 Å². The molecule has 3 nitrogen and oxygen atoms in total. The Balaban J connectivity index is 1.14. The van der Waals surface area contributed by atoms with Gasteiger partial charge in [0.2, 0.25) is 0 Å². The molecule has 266 valence electrons. The standard InChI is InChI=1S/C54H34N2O/c1-3-12-35(13-4-1)37-16-11-17-41(30-37)55-51-26-22-38(36-14-5-2-6-15-36)31-46(51)47-33-40(24-28-52(47)55)39-23-27-50-45(32-39)43-18-7-9-20-49(43)56(50)42-25-29-54-48(34-42)44-19-8-10-21-53(44)57-54/h1-34H/i7D,9D,18D,20D,23D,27D,32D. The molecule has 3 heteroatoms. The molecule has 3 aromatic heterocycles. The topological polar surface area (TPSA) is 23.0 Å². The van der Waals surface area contributed by atoms with Crippen LogP contribution in [-0.2, 0) is 0 Å². The summed E-state index contributed by atoms with van der Waals surface area (Å²) in [5.41, 5.74) is 10.1. The Morgan fingerprint density at radius 3 is 1.70 bits per heavy atom. The maximum atomic E-state index is 9.95. The zero-order chi connectivity index (χ0) is 43.5. The van der Waals surface area contributed by atoms with Gasteiger partial charge < -0.3 is 13.6 Å². The van der Waals surface area contributed by atoms with Crippen molar-refractivity contribution in [1.29, 1.82) is 0 Å². The molecule has 57 heavy (non-hydrogen) atoms. The van der Waals surface area contributed by atoms with E-state index >= 15 is 0 Å². The second-order valence-corrected chi connectivity index (χ2v) is 14.4. The molecule has 0 aliphatic heterocycles. The average Bonchev–Trinajstić information content (AvgIpc) is 4.00. The lowest BCUT2D eigenvalue weighted by atomic mass is 9.99. The molecule has 0 aliphatic carbocycles. The molecular weight excluding hydrogens is 693 g/mol. The van der Waals surface area contributed by atoms with E-state index in [2.05, 4.69) is 71.3 Å². The van der Waals surface area contributed by atoms with Crippen molar-refractivity contribution in [2.75, 3.05) is 0 Å². The highest BCUT2D eigenvalue weighted by molar-refractivity contribution is 6.14. The van der Waals surface area contributed by atoms with Gasteiger partial charge in [-0.3, -0.25) is 0 Å². The van der Waals surface area contributed by atoms with Gasteiger partial charge >= 0.3 is 0 Å². The van der Waals surface area contributed by atoms with Gasteiger partial charge in [0, 0.05) is 43.7 Å². The van der Waals surface area contributed by atoms with Crippen molar-refractivity contribution in [3.8, 4) is 44.8 Å². The molecule has 12 aromatic rings. The van der Waals surface area contributed by atoms with Gasteiger partial charge in [0.05, 0.1) is 31.7 Å². The number of hydrogen-bond acceptors (Lipinski definition) is 1. The fourth-order valence-corrected chi connectivity index (χ4v) is 8.49. The van der Waals surface area contributed by atoms with Crippen LogP contribution in [0.1, 0.15) is 9.60 Å². The summed E-state index contributed by atoms with van der Waals surface area (Å²) in [5.74, 6) is 0. The SMILES string of the molecule is [2H]c1c([2H])c([2H])c2c(c1[2H])c1c([2H])c(-c3ccc4c(c3)c3cc(-c5ccccc5)ccc3n4-c3cccc(-c4ccccc4)c3)c([2H])c([2H])c1n2-c1ccc2oc3ccccc3c2c1. The normalized spacial score (nSPS) is 13.6. The first-order chi connectivity index (χ1) is 31.2. The Morgan fingerprint density at radius 1 is 0.333 bits per heavy atom. The van der Waals surface area contributed by atoms with E-state index in [1.807, 2.05) is 91.0 Å². The summed E-state index contributed by atoms with van der Waals surface area (Å²) in [6.45, 7) is 0. The number of fused-ring (bicyclic) bond motifs is 9. The minimum absolute atomic E-state index is 0.0942. The van der Waals surface area contributed by atoms with Gasteiger partial charge in [0.25, 0.3) is 0 Å². The molecule has 0 amide bonds. The van der Waals surface area contributed by atoms with Gasteiger partial charge in [-0.1, -0.05) is 127 Å². The maximum Gasteiger partial charge on any atom is 0.135 e. The molecule has 0 N–H and O–H groups in total. The van der Waals surface area contributed by atoms with E-state index in [0.29, 0.717) is 22.4 Å².